The summed E-state index contributed by atoms with van der Waals surface area (Å²) < 4.78 is 5.32. The lowest BCUT2D eigenvalue weighted by Gasteiger charge is -2.21. The first-order valence-electron chi connectivity index (χ1n) is 6.81. The van der Waals surface area contributed by atoms with Gasteiger partial charge in [0, 0.05) is 12.4 Å². The maximum Gasteiger partial charge on any atom is 0.257 e. The van der Waals surface area contributed by atoms with Gasteiger partial charge in [-0.2, -0.15) is 0 Å². The monoisotopic (exact) mass is 320 g/mol. The quantitative estimate of drug-likeness (QED) is 0.927. The first kappa shape index (κ1) is 18.0. The van der Waals surface area contributed by atoms with Crippen LogP contribution in [0.3, 0.4) is 0 Å². The third kappa shape index (κ3) is 4.21. The molecule has 0 aliphatic rings. The summed E-state index contributed by atoms with van der Waals surface area (Å²) in [7, 11) is 1.59. The van der Waals surface area contributed by atoms with Gasteiger partial charge in [0.1, 0.15) is 5.75 Å². The number of carbonyl (C=O) groups is 1. The maximum atomic E-state index is 12.2. The highest BCUT2D eigenvalue weighted by Gasteiger charge is 2.17. The van der Waals surface area contributed by atoms with Crippen molar-refractivity contribution in [1.29, 1.82) is 0 Å². The number of halogens is 1. The highest BCUT2D eigenvalue weighted by molar-refractivity contribution is 6.04. The number of anilines is 1. The number of hydrogen-bond acceptors (Lipinski definition) is 3. The van der Waals surface area contributed by atoms with Crippen LogP contribution in [0.25, 0.3) is 0 Å². The van der Waals surface area contributed by atoms with Crippen molar-refractivity contribution in [1.82, 2.24) is 4.98 Å². The molecular weight excluding hydrogens is 300 g/mol. The van der Waals surface area contributed by atoms with Crippen LogP contribution in [0, 0.1) is 0 Å². The number of amides is 1. The van der Waals surface area contributed by atoms with Gasteiger partial charge in [-0.1, -0.05) is 26.8 Å². The van der Waals surface area contributed by atoms with Crippen molar-refractivity contribution in [2.24, 2.45) is 0 Å². The summed E-state index contributed by atoms with van der Waals surface area (Å²) in [6.07, 6.45) is 3.17. The fraction of sp³-hybridized carbons (Fsp3) is 0.294. The molecule has 0 radical (unpaired) electrons. The van der Waals surface area contributed by atoms with E-state index in [1.165, 1.54) is 6.20 Å². The van der Waals surface area contributed by atoms with Gasteiger partial charge in [-0.05, 0) is 35.2 Å². The molecule has 0 unspecified atom stereocenters. The summed E-state index contributed by atoms with van der Waals surface area (Å²) in [6.45, 7) is 6.38. The highest BCUT2D eigenvalue weighted by atomic mass is 35.5. The van der Waals surface area contributed by atoms with Crippen molar-refractivity contribution in [2.75, 3.05) is 12.4 Å². The number of pyridine rings is 1. The second kappa shape index (κ2) is 7.27. The van der Waals surface area contributed by atoms with Gasteiger partial charge in [0.15, 0.2) is 0 Å². The Bertz CT molecular complexity index is 637. The van der Waals surface area contributed by atoms with Gasteiger partial charge in [0.05, 0.1) is 18.4 Å². The van der Waals surface area contributed by atoms with Gasteiger partial charge < -0.3 is 10.1 Å². The van der Waals surface area contributed by atoms with Gasteiger partial charge in [-0.25, -0.2) is 0 Å². The molecule has 4 nitrogen and oxygen atoms in total. The van der Waals surface area contributed by atoms with Crippen LogP contribution in [0.15, 0.2) is 42.7 Å². The largest absolute Gasteiger partial charge is 0.495 e. The molecule has 0 saturated carbocycles. The van der Waals surface area contributed by atoms with Gasteiger partial charge in [0.2, 0.25) is 0 Å². The molecule has 0 fully saturated rings. The van der Waals surface area contributed by atoms with Crippen molar-refractivity contribution in [3.63, 3.8) is 0 Å². The number of benzene rings is 1. The van der Waals surface area contributed by atoms with E-state index in [1.807, 2.05) is 18.2 Å². The van der Waals surface area contributed by atoms with Crippen molar-refractivity contribution in [3.05, 3.63) is 53.9 Å². The van der Waals surface area contributed by atoms with Crippen LogP contribution in [0.1, 0.15) is 36.7 Å². The lowest BCUT2D eigenvalue weighted by Crippen LogP contribution is -2.15. The van der Waals surface area contributed by atoms with Crippen LogP contribution in [0.5, 0.6) is 5.75 Å². The molecular formula is C17H21ClN2O2. The number of aromatic nitrogens is 1. The third-order valence-electron chi connectivity index (χ3n) is 3.24. The van der Waals surface area contributed by atoms with E-state index in [0.717, 1.165) is 5.56 Å². The van der Waals surface area contributed by atoms with Crippen LogP contribution in [0.4, 0.5) is 5.69 Å². The Balaban J connectivity index is 0.00000242. The number of carbonyl (C=O) groups excluding carboxylic acids is 1. The summed E-state index contributed by atoms with van der Waals surface area (Å²) in [4.78, 5) is 16.2. The van der Waals surface area contributed by atoms with E-state index in [1.54, 1.807) is 25.4 Å². The number of methoxy groups -OCH3 is 1. The molecule has 2 aromatic rings. The normalized spacial score (nSPS) is 10.5. The average molecular weight is 321 g/mol. The molecule has 1 aromatic carbocycles. The number of rotatable bonds is 3. The van der Waals surface area contributed by atoms with E-state index < -0.39 is 0 Å². The van der Waals surface area contributed by atoms with E-state index >= 15 is 0 Å². The molecule has 5 heteroatoms. The minimum absolute atomic E-state index is 0. The fourth-order valence-electron chi connectivity index (χ4n) is 1.96. The Kier molecular flexibility index (Phi) is 5.94. The standard InChI is InChI=1S/C17H20N2O2.ClH/c1-17(2,3)13-7-8-15(21-4)14(10-13)19-16(20)12-6-5-9-18-11-12;/h5-11H,1-4H3,(H,19,20);1H. The van der Waals surface area contributed by atoms with Crippen molar-refractivity contribution in [3.8, 4) is 5.75 Å². The minimum atomic E-state index is -0.201. The minimum Gasteiger partial charge on any atom is -0.495 e. The number of ether oxygens (including phenoxy) is 1. The Labute approximate surface area is 137 Å². The molecule has 0 spiro atoms. The van der Waals surface area contributed by atoms with Crippen LogP contribution >= 0.6 is 12.4 Å². The predicted octanol–water partition coefficient (Wildman–Crippen LogP) is 4.06. The van der Waals surface area contributed by atoms with Crippen molar-refractivity contribution >= 4 is 24.0 Å². The van der Waals surface area contributed by atoms with E-state index in [9.17, 15) is 4.79 Å². The predicted molar refractivity (Wildman–Crippen MR) is 91.1 cm³/mol. The summed E-state index contributed by atoms with van der Waals surface area (Å²) >= 11 is 0. The first-order valence-corrected chi connectivity index (χ1v) is 6.81. The molecule has 1 heterocycles. The smallest absolute Gasteiger partial charge is 0.257 e. The Morgan fingerprint density at radius 3 is 2.50 bits per heavy atom. The van der Waals surface area contributed by atoms with Gasteiger partial charge in [-0.15, -0.1) is 12.4 Å². The zero-order chi connectivity index (χ0) is 15.5. The zero-order valence-electron chi connectivity index (χ0n) is 13.2. The van der Waals surface area contributed by atoms with Crippen LogP contribution in [-0.2, 0) is 5.41 Å². The first-order chi connectivity index (χ1) is 9.91. The van der Waals surface area contributed by atoms with Gasteiger partial charge >= 0.3 is 0 Å². The van der Waals surface area contributed by atoms with E-state index in [-0.39, 0.29) is 23.7 Å². The molecule has 0 aliphatic carbocycles. The number of nitrogens with zero attached hydrogens (tertiary/aromatic N) is 1. The highest BCUT2D eigenvalue weighted by Crippen LogP contribution is 2.31. The number of nitrogens with one attached hydrogen (secondary N) is 1. The second-order valence-corrected chi connectivity index (χ2v) is 5.86. The number of hydrogen-bond donors (Lipinski definition) is 1. The Morgan fingerprint density at radius 1 is 1.23 bits per heavy atom. The van der Waals surface area contributed by atoms with Crippen LogP contribution < -0.4 is 10.1 Å². The summed E-state index contributed by atoms with van der Waals surface area (Å²) in [6, 6.07) is 9.30. The lowest BCUT2D eigenvalue weighted by atomic mass is 9.87. The van der Waals surface area contributed by atoms with Crippen LogP contribution in [0.2, 0.25) is 0 Å². The van der Waals surface area contributed by atoms with E-state index in [0.29, 0.717) is 17.0 Å². The topological polar surface area (TPSA) is 51.2 Å². The molecule has 2 rings (SSSR count). The molecule has 0 saturated heterocycles. The van der Waals surface area contributed by atoms with Crippen LogP contribution in [-0.4, -0.2) is 18.0 Å². The van der Waals surface area contributed by atoms with Crippen molar-refractivity contribution < 1.29 is 9.53 Å². The van der Waals surface area contributed by atoms with Gasteiger partial charge in [0.25, 0.3) is 5.91 Å². The SMILES string of the molecule is COc1ccc(C(C)(C)C)cc1NC(=O)c1cccnc1.Cl. The summed E-state index contributed by atoms with van der Waals surface area (Å²) in [5.74, 6) is 0.438. The Hall–Kier alpha value is -2.07. The molecule has 118 valence electrons. The van der Waals surface area contributed by atoms with Crippen molar-refractivity contribution in [2.45, 2.75) is 26.2 Å². The maximum absolute atomic E-state index is 12.2. The van der Waals surface area contributed by atoms with E-state index in [4.69, 9.17) is 4.74 Å². The fourth-order valence-corrected chi connectivity index (χ4v) is 1.96. The zero-order valence-corrected chi connectivity index (χ0v) is 14.0. The molecule has 0 aliphatic heterocycles. The summed E-state index contributed by atoms with van der Waals surface area (Å²) in [5.41, 5.74) is 2.31. The molecule has 1 N–H and O–H groups in total. The van der Waals surface area contributed by atoms with E-state index in [2.05, 4.69) is 31.1 Å². The molecule has 0 bridgehead atoms. The molecule has 22 heavy (non-hydrogen) atoms. The third-order valence-corrected chi connectivity index (χ3v) is 3.24. The molecule has 1 aromatic heterocycles. The Morgan fingerprint density at radius 2 is 1.95 bits per heavy atom. The summed E-state index contributed by atoms with van der Waals surface area (Å²) in [5, 5.41) is 2.89. The second-order valence-electron chi connectivity index (χ2n) is 5.86. The molecule has 1 amide bonds. The average Bonchev–Trinajstić information content (AvgIpc) is 2.47. The van der Waals surface area contributed by atoms with Gasteiger partial charge in [-0.3, -0.25) is 9.78 Å². The molecule has 0 atom stereocenters. The lowest BCUT2D eigenvalue weighted by molar-refractivity contribution is 0.102.